The molecule has 1 radical (unpaired) electrons. The highest BCUT2D eigenvalue weighted by Gasteiger charge is 2.14. The highest BCUT2D eigenvalue weighted by Crippen LogP contribution is 2.20. The lowest BCUT2D eigenvalue weighted by Crippen LogP contribution is -2.05. The molecular weight excluding hydrogens is 260 g/mol. The van der Waals surface area contributed by atoms with Gasteiger partial charge in [-0.2, -0.15) is 0 Å². The van der Waals surface area contributed by atoms with Crippen LogP contribution in [0.5, 0.6) is 0 Å². The maximum absolute atomic E-state index is 12.3. The summed E-state index contributed by atoms with van der Waals surface area (Å²) in [6, 6.07) is 13.8. The molecule has 1 N–H and O–H groups in total. The molecule has 3 aromatic rings. The van der Waals surface area contributed by atoms with Gasteiger partial charge in [0.15, 0.2) is 0 Å². The lowest BCUT2D eigenvalue weighted by Gasteiger charge is -1.98. The van der Waals surface area contributed by atoms with Crippen molar-refractivity contribution in [1.29, 1.82) is 0 Å². The van der Waals surface area contributed by atoms with E-state index in [1.165, 1.54) is 0 Å². The van der Waals surface area contributed by atoms with Gasteiger partial charge in [-0.05, 0) is 31.2 Å². The summed E-state index contributed by atoms with van der Waals surface area (Å²) in [7, 11) is 0. The highest BCUT2D eigenvalue weighted by molar-refractivity contribution is 6.31. The van der Waals surface area contributed by atoms with Crippen molar-refractivity contribution in [2.45, 2.75) is 6.92 Å². The lowest BCUT2D eigenvalue weighted by molar-refractivity contribution is 0.103. The van der Waals surface area contributed by atoms with Crippen LogP contribution < -0.4 is 0 Å². The molecule has 2 heterocycles. The minimum atomic E-state index is -0.170. The molecule has 0 aliphatic heterocycles. The summed E-state index contributed by atoms with van der Waals surface area (Å²) in [4.78, 5) is 19.5. The molecule has 4 heteroatoms. The Kier molecular flexibility index (Phi) is 2.84. The van der Waals surface area contributed by atoms with Gasteiger partial charge in [0.1, 0.15) is 5.69 Å². The van der Waals surface area contributed by atoms with Crippen molar-refractivity contribution >= 4 is 28.3 Å². The molecule has 0 aliphatic rings. The van der Waals surface area contributed by atoms with E-state index in [1.54, 1.807) is 18.2 Å². The first kappa shape index (κ1) is 11.9. The normalized spacial score (nSPS) is 10.8. The number of fused-ring (bicyclic) bond motifs is 1. The van der Waals surface area contributed by atoms with E-state index in [4.69, 9.17) is 11.6 Å². The van der Waals surface area contributed by atoms with Crippen LogP contribution in [0.2, 0.25) is 5.02 Å². The number of carbonyl (C=O) groups is 1. The van der Waals surface area contributed by atoms with Crippen molar-refractivity contribution in [3.05, 3.63) is 64.6 Å². The maximum Gasteiger partial charge on any atom is 0.228 e. The van der Waals surface area contributed by atoms with Crippen LogP contribution in [0.3, 0.4) is 0 Å². The van der Waals surface area contributed by atoms with Gasteiger partial charge in [0.2, 0.25) is 5.78 Å². The average molecular weight is 270 g/mol. The molecule has 0 amide bonds. The monoisotopic (exact) mass is 269 g/mol. The average Bonchev–Trinajstić information content (AvgIpc) is 2.80. The molecule has 0 aliphatic carbocycles. The molecule has 0 saturated carbocycles. The number of halogens is 1. The number of carbonyl (C=O) groups excluding carboxylic acids is 1. The molecular formula is C15H10ClN2O. The van der Waals surface area contributed by atoms with Gasteiger partial charge < -0.3 is 4.98 Å². The van der Waals surface area contributed by atoms with Gasteiger partial charge in [-0.25, -0.2) is 4.98 Å². The Bertz CT molecular complexity index is 777. The minimum Gasteiger partial charge on any atom is -0.351 e. The number of hydrogen-bond donors (Lipinski definition) is 1. The zero-order chi connectivity index (χ0) is 13.4. The summed E-state index contributed by atoms with van der Waals surface area (Å²) < 4.78 is 0. The number of pyridine rings is 1. The standard InChI is InChI=1S/C15H10ClN2O/c1-9-3-2-4-12(17-9)15(19)14-7-10-5-6-11(16)8-13(10)18-14/h2-6,8,18H,1H3. The number of H-pyrrole nitrogens is 1. The molecule has 93 valence electrons. The second kappa shape index (κ2) is 4.52. The number of nitrogens with zero attached hydrogens (tertiary/aromatic N) is 1. The first-order chi connectivity index (χ1) is 9.13. The van der Waals surface area contributed by atoms with Gasteiger partial charge in [0, 0.05) is 27.7 Å². The van der Waals surface area contributed by atoms with Crippen molar-refractivity contribution in [1.82, 2.24) is 9.97 Å². The topological polar surface area (TPSA) is 45.8 Å². The second-order valence-electron chi connectivity index (χ2n) is 4.31. The first-order valence-electron chi connectivity index (χ1n) is 5.82. The number of nitrogens with one attached hydrogen (secondary N) is 1. The van der Waals surface area contributed by atoms with Gasteiger partial charge in [-0.1, -0.05) is 23.7 Å². The molecule has 2 aromatic heterocycles. The molecule has 0 fully saturated rings. The van der Waals surface area contributed by atoms with Crippen LogP contribution in [0.4, 0.5) is 0 Å². The number of aromatic amines is 1. The molecule has 3 rings (SSSR count). The summed E-state index contributed by atoms with van der Waals surface area (Å²) in [5, 5.41) is 1.45. The largest absolute Gasteiger partial charge is 0.351 e. The van der Waals surface area contributed by atoms with Crippen molar-refractivity contribution < 1.29 is 4.79 Å². The van der Waals surface area contributed by atoms with E-state index < -0.39 is 0 Å². The quantitative estimate of drug-likeness (QED) is 0.723. The summed E-state index contributed by atoms with van der Waals surface area (Å²) in [6.07, 6.45) is 0. The predicted octanol–water partition coefficient (Wildman–Crippen LogP) is 3.56. The number of ketones is 1. The van der Waals surface area contributed by atoms with Gasteiger partial charge in [0.25, 0.3) is 0 Å². The molecule has 0 bridgehead atoms. The number of aromatic nitrogens is 2. The lowest BCUT2D eigenvalue weighted by atomic mass is 10.2. The fourth-order valence-corrected chi connectivity index (χ4v) is 2.11. The van der Waals surface area contributed by atoms with Crippen LogP contribution in [0.15, 0.2) is 36.4 Å². The number of rotatable bonds is 2. The number of aryl methyl sites for hydroxylation is 1. The summed E-state index contributed by atoms with van der Waals surface area (Å²) >= 11 is 5.91. The predicted molar refractivity (Wildman–Crippen MR) is 74.6 cm³/mol. The Balaban J connectivity index is 2.06. The van der Waals surface area contributed by atoms with Gasteiger partial charge in [-0.3, -0.25) is 4.79 Å². The van der Waals surface area contributed by atoms with E-state index in [0.717, 1.165) is 16.6 Å². The zero-order valence-corrected chi connectivity index (χ0v) is 11.0. The minimum absolute atomic E-state index is 0.170. The smallest absolute Gasteiger partial charge is 0.228 e. The Morgan fingerprint density at radius 1 is 1.32 bits per heavy atom. The van der Waals surface area contributed by atoms with Crippen molar-refractivity contribution in [3.63, 3.8) is 0 Å². The summed E-state index contributed by atoms with van der Waals surface area (Å²) in [5.41, 5.74) is 2.41. The molecule has 19 heavy (non-hydrogen) atoms. The second-order valence-corrected chi connectivity index (χ2v) is 4.74. The molecule has 3 nitrogen and oxygen atoms in total. The van der Waals surface area contributed by atoms with Crippen LogP contribution in [0, 0.1) is 13.0 Å². The van der Waals surface area contributed by atoms with Gasteiger partial charge >= 0.3 is 0 Å². The van der Waals surface area contributed by atoms with Crippen molar-refractivity contribution in [3.8, 4) is 0 Å². The Labute approximate surface area is 115 Å². The third-order valence-electron chi connectivity index (χ3n) is 2.85. The van der Waals surface area contributed by atoms with E-state index in [9.17, 15) is 4.79 Å². The third kappa shape index (κ3) is 2.25. The number of hydrogen-bond acceptors (Lipinski definition) is 2. The molecule has 0 unspecified atom stereocenters. The fourth-order valence-electron chi connectivity index (χ4n) is 1.94. The fraction of sp³-hybridized carbons (Fsp3) is 0.0667. The first-order valence-corrected chi connectivity index (χ1v) is 6.20. The highest BCUT2D eigenvalue weighted by atomic mass is 35.5. The van der Waals surface area contributed by atoms with E-state index in [1.807, 2.05) is 25.1 Å². The van der Waals surface area contributed by atoms with Crippen LogP contribution in [0.25, 0.3) is 10.9 Å². The molecule has 1 aromatic carbocycles. The van der Waals surface area contributed by atoms with Crippen LogP contribution in [0.1, 0.15) is 21.9 Å². The molecule has 0 saturated heterocycles. The van der Waals surface area contributed by atoms with Gasteiger partial charge in [-0.15, -0.1) is 0 Å². The molecule has 0 atom stereocenters. The maximum atomic E-state index is 12.3. The van der Waals surface area contributed by atoms with E-state index in [2.05, 4.69) is 16.0 Å². The Morgan fingerprint density at radius 2 is 2.16 bits per heavy atom. The summed E-state index contributed by atoms with van der Waals surface area (Å²) in [6.45, 7) is 1.85. The van der Waals surface area contributed by atoms with E-state index >= 15 is 0 Å². The van der Waals surface area contributed by atoms with Crippen LogP contribution >= 0.6 is 11.6 Å². The van der Waals surface area contributed by atoms with Gasteiger partial charge in [0.05, 0.1) is 5.69 Å². The number of benzene rings is 1. The molecule has 0 spiro atoms. The van der Waals surface area contributed by atoms with E-state index in [-0.39, 0.29) is 5.78 Å². The Hall–Kier alpha value is -2.13. The van der Waals surface area contributed by atoms with E-state index in [0.29, 0.717) is 16.4 Å². The van der Waals surface area contributed by atoms with Crippen LogP contribution in [-0.4, -0.2) is 15.8 Å². The van der Waals surface area contributed by atoms with Crippen LogP contribution in [-0.2, 0) is 0 Å². The third-order valence-corrected chi connectivity index (χ3v) is 3.08. The summed E-state index contributed by atoms with van der Waals surface area (Å²) in [5.74, 6) is -0.170. The zero-order valence-electron chi connectivity index (χ0n) is 10.2. The van der Waals surface area contributed by atoms with Crippen molar-refractivity contribution in [2.75, 3.05) is 0 Å². The Morgan fingerprint density at radius 3 is 2.95 bits per heavy atom. The SMILES string of the molecule is Cc1cccc(C(=O)c2[c]c3ccc(Cl)cc3[nH]2)n1. The van der Waals surface area contributed by atoms with Crippen molar-refractivity contribution in [2.24, 2.45) is 0 Å².